The van der Waals surface area contributed by atoms with Crippen LogP contribution in [0, 0.1) is 0 Å². The zero-order valence-electron chi connectivity index (χ0n) is 26.3. The van der Waals surface area contributed by atoms with Crippen molar-refractivity contribution in [3.63, 3.8) is 0 Å². The van der Waals surface area contributed by atoms with Gasteiger partial charge >= 0.3 is 82.6 Å². The minimum absolute atomic E-state index is 0. The van der Waals surface area contributed by atoms with Crippen LogP contribution in [0.5, 0.6) is 0 Å². The summed E-state index contributed by atoms with van der Waals surface area (Å²) < 4.78 is 3.01. The van der Waals surface area contributed by atoms with E-state index < -0.39 is 0 Å². The molecule has 0 saturated carbocycles. The zero-order valence-corrected chi connectivity index (χ0v) is 32.7. The molecule has 0 bridgehead atoms. The Kier molecular flexibility index (Phi) is 17.1. The molecule has 0 radical (unpaired) electrons. The minimum atomic E-state index is 0. The van der Waals surface area contributed by atoms with Crippen LogP contribution in [0.2, 0.25) is 0 Å². The third kappa shape index (κ3) is 10.4. The van der Waals surface area contributed by atoms with Gasteiger partial charge in [0.25, 0.3) is 0 Å². The molecule has 0 amide bonds. The predicted molar refractivity (Wildman–Crippen MR) is 174 cm³/mol. The van der Waals surface area contributed by atoms with Crippen molar-refractivity contribution in [1.29, 1.82) is 0 Å². The van der Waals surface area contributed by atoms with E-state index in [9.17, 15) is 0 Å². The first-order valence-electron chi connectivity index (χ1n) is 14.1. The molecule has 0 atom stereocenters. The summed E-state index contributed by atoms with van der Waals surface area (Å²) in [7, 11) is 0. The van der Waals surface area contributed by atoms with Gasteiger partial charge in [-0.2, -0.15) is 0 Å². The normalized spacial score (nSPS) is 13.4. The molecular weight excluding hydrogens is 710 g/mol. The fourth-order valence-corrected chi connectivity index (χ4v) is 5.05. The van der Waals surface area contributed by atoms with Crippen molar-refractivity contribution < 1.29 is 73.3 Å². The Morgan fingerprint density at radius 1 is 0.548 bits per heavy atom. The Morgan fingerprint density at radius 2 is 0.857 bits per heavy atom. The largest absolute Gasteiger partial charge is 1.00 e. The van der Waals surface area contributed by atoms with Gasteiger partial charge in [-0.15, -0.1) is 69.1 Å². The quantitative estimate of drug-likeness (QED) is 0.257. The minimum Gasteiger partial charge on any atom is -1.00 e. The van der Waals surface area contributed by atoms with Crippen molar-refractivity contribution in [2.45, 2.75) is 68.2 Å². The first-order valence-corrected chi connectivity index (χ1v) is 16.5. The topological polar surface area (TPSA) is 0 Å². The second kappa shape index (κ2) is 18.5. The van der Waals surface area contributed by atoms with Gasteiger partial charge in [0.2, 0.25) is 0 Å². The molecule has 4 aromatic rings. The zero-order chi connectivity index (χ0) is 29.4. The second-order valence-corrected chi connectivity index (χ2v) is 16.0. The molecule has 0 aliphatic heterocycles. The van der Waals surface area contributed by atoms with Crippen molar-refractivity contribution in [3.05, 3.63) is 118 Å². The Labute approximate surface area is 296 Å². The third-order valence-corrected chi connectivity index (χ3v) is 7.32. The van der Waals surface area contributed by atoms with E-state index in [0.29, 0.717) is 0 Å². The third-order valence-electron chi connectivity index (χ3n) is 7.32. The van der Waals surface area contributed by atoms with Crippen LogP contribution in [0.15, 0.2) is 107 Å². The number of hydrogen-bond donors (Lipinski definition) is 0. The van der Waals surface area contributed by atoms with Crippen LogP contribution in [0.1, 0.15) is 79.4 Å². The standard InChI is InChI=1S/2C16H15.2C3H6.2ClH.2Zr/c2*1-11-7-9-14(12(11)2)16-10-8-13-5-3-4-6-15(13)16;2*1-3-2;;;;/h2*3-8,10H,9H2,1-2H3;2*1-2H3;2*1H;;/q2*-1;;;;;;/p-2. The molecule has 0 fully saturated rings. The van der Waals surface area contributed by atoms with Gasteiger partial charge < -0.3 is 24.8 Å². The molecule has 6 rings (SSSR count). The van der Waals surface area contributed by atoms with Gasteiger partial charge in [0.15, 0.2) is 0 Å². The Balaban J connectivity index is 0.000000324. The number of halogens is 2. The number of benzene rings is 2. The predicted octanol–water partition coefficient (Wildman–Crippen LogP) is 4.86. The van der Waals surface area contributed by atoms with Gasteiger partial charge in [0, 0.05) is 0 Å². The fraction of sp³-hybridized carbons (Fsp3) is 0.263. The molecule has 2 aliphatic rings. The van der Waals surface area contributed by atoms with Crippen molar-refractivity contribution in [3.8, 4) is 0 Å². The van der Waals surface area contributed by atoms with E-state index in [0.717, 1.165) is 12.8 Å². The van der Waals surface area contributed by atoms with E-state index in [4.69, 9.17) is 0 Å². The van der Waals surface area contributed by atoms with Crippen LogP contribution >= 0.6 is 0 Å². The molecule has 0 heterocycles. The average Bonchev–Trinajstić information content (AvgIpc) is 3.67. The maximum atomic E-state index is 2.33. The van der Waals surface area contributed by atoms with Gasteiger partial charge in [-0.25, -0.2) is 0 Å². The molecule has 0 aromatic heterocycles. The Bertz CT molecular complexity index is 1520. The van der Waals surface area contributed by atoms with Crippen molar-refractivity contribution in [2.75, 3.05) is 0 Å². The molecule has 0 spiro atoms. The van der Waals surface area contributed by atoms with E-state index in [1.807, 2.05) is 0 Å². The van der Waals surface area contributed by atoms with E-state index in [1.165, 1.54) is 72.5 Å². The van der Waals surface area contributed by atoms with E-state index in [-0.39, 0.29) is 24.8 Å². The number of fused-ring (bicyclic) bond motifs is 2. The molecule has 220 valence electrons. The maximum Gasteiger partial charge on any atom is -1.00 e. The van der Waals surface area contributed by atoms with Crippen LogP contribution in [-0.2, 0) is 48.5 Å². The van der Waals surface area contributed by atoms with Crippen LogP contribution in [-0.4, -0.2) is 6.41 Å². The molecule has 0 unspecified atom stereocenters. The summed E-state index contributed by atoms with van der Waals surface area (Å²) in [5.41, 5.74) is 11.6. The molecule has 4 aromatic carbocycles. The Hall–Kier alpha value is -1.29. The summed E-state index contributed by atoms with van der Waals surface area (Å²) in [4.78, 5) is 0. The fourth-order valence-electron chi connectivity index (χ4n) is 5.05. The second-order valence-electron chi connectivity index (χ2n) is 11.1. The van der Waals surface area contributed by atoms with Crippen molar-refractivity contribution in [2.24, 2.45) is 0 Å². The smallest absolute Gasteiger partial charge is 1.00 e. The molecule has 0 nitrogen and oxygen atoms in total. The molecule has 2 aliphatic carbocycles. The van der Waals surface area contributed by atoms with Crippen LogP contribution < -0.4 is 24.8 Å². The molecular formula is C38H42Cl2Zr2-4. The van der Waals surface area contributed by atoms with Gasteiger partial charge in [-0.1, -0.05) is 95.8 Å². The van der Waals surface area contributed by atoms with Gasteiger partial charge in [-0.3, -0.25) is 0 Å². The number of hydrogen-bond acceptors (Lipinski definition) is 0. The van der Waals surface area contributed by atoms with Crippen LogP contribution in [0.3, 0.4) is 0 Å². The summed E-state index contributed by atoms with van der Waals surface area (Å²) in [6, 6.07) is 26.2. The molecule has 42 heavy (non-hydrogen) atoms. The maximum absolute atomic E-state index is 2.33. The summed E-state index contributed by atoms with van der Waals surface area (Å²) >= 11 is 3.11. The van der Waals surface area contributed by atoms with Gasteiger partial charge in [0.1, 0.15) is 0 Å². The van der Waals surface area contributed by atoms with Crippen LogP contribution in [0.25, 0.3) is 32.7 Å². The summed E-state index contributed by atoms with van der Waals surface area (Å²) in [5, 5.41) is 5.48. The number of rotatable bonds is 2. The first kappa shape index (κ1) is 38.7. The number of allylic oxidation sites excluding steroid dienone is 8. The van der Waals surface area contributed by atoms with E-state index in [1.54, 1.807) is 48.5 Å². The average molecular weight is 752 g/mol. The Morgan fingerprint density at radius 3 is 1.14 bits per heavy atom. The van der Waals surface area contributed by atoms with E-state index >= 15 is 0 Å². The monoisotopic (exact) mass is 748 g/mol. The van der Waals surface area contributed by atoms with Crippen molar-refractivity contribution in [1.82, 2.24) is 0 Å². The molecule has 4 heteroatoms. The molecule has 0 N–H and O–H groups in total. The van der Waals surface area contributed by atoms with Gasteiger partial charge in [0.05, 0.1) is 0 Å². The van der Waals surface area contributed by atoms with Crippen LogP contribution in [0.4, 0.5) is 0 Å². The first-order chi connectivity index (χ1) is 19.0. The summed E-state index contributed by atoms with van der Waals surface area (Å²) in [6.45, 7) is 17.4. The molecule has 0 saturated heterocycles. The summed E-state index contributed by atoms with van der Waals surface area (Å²) in [5.74, 6) is 0. The summed E-state index contributed by atoms with van der Waals surface area (Å²) in [6.07, 6.45) is 6.83. The van der Waals surface area contributed by atoms with Gasteiger partial charge in [-0.05, 0) is 26.7 Å². The van der Waals surface area contributed by atoms with E-state index in [2.05, 4.69) is 140 Å². The van der Waals surface area contributed by atoms with Crippen molar-refractivity contribution >= 4 is 39.1 Å². The SMILES string of the molecule is CC1=CCC([c-]2ccc3ccccc32)=C1C.CC1=CCC([c-]2ccc3ccccc32)=C1C.C[C](C)=[Zr].C[C](C)=[Zr].[Cl-].[Cl-].